The van der Waals surface area contributed by atoms with Gasteiger partial charge in [0.25, 0.3) is 17.6 Å². The number of terminal acetylenes is 1. The van der Waals surface area contributed by atoms with Crippen LogP contribution in [-0.2, 0) is 68.3 Å². The smallest absolute Gasteiger partial charge is 0.870 e. The number of benzene rings is 6. The van der Waals surface area contributed by atoms with Gasteiger partial charge >= 0.3 is 40.0 Å². The number of nitrogens with one attached hydrogen (secondary N) is 1. The molecule has 1 fully saturated rings. The molecule has 4 aliphatic rings. The number of aliphatic hydroxyl groups excluding tert-OH is 1. The Morgan fingerprint density at radius 1 is 0.653 bits per heavy atom. The molecule has 660 valence electrons. The van der Waals surface area contributed by atoms with Crippen LogP contribution in [0.5, 0.6) is 5.75 Å². The van der Waals surface area contributed by atoms with Gasteiger partial charge in [0, 0.05) is 97.7 Å². The number of amides is 1. The summed E-state index contributed by atoms with van der Waals surface area (Å²) in [5, 5.41) is 40.9. The first-order valence-electron chi connectivity index (χ1n) is 35.3. The maximum atomic E-state index is 14.7. The number of halogens is 11. The summed E-state index contributed by atoms with van der Waals surface area (Å²) in [6, 6.07) is 30.8. The summed E-state index contributed by atoms with van der Waals surface area (Å²) < 4.78 is 122. The molecule has 0 radical (unpaired) electrons. The van der Waals surface area contributed by atoms with Crippen LogP contribution in [0.4, 0.5) is 37.7 Å². The number of ether oxygens (including phenoxy) is 1. The topological polar surface area (TPSA) is 472 Å². The molecule has 28 nitrogen and oxygen atoms in total. The average molecular weight is 2080 g/mol. The number of aromatic nitrogens is 6. The molecule has 7 heterocycles. The average Bonchev–Trinajstić information content (AvgIpc) is 0.995. The van der Waals surface area contributed by atoms with Gasteiger partial charge in [0.2, 0.25) is 17.5 Å². The fourth-order valence-corrected chi connectivity index (χ4v) is 13.4. The van der Waals surface area contributed by atoms with Crippen molar-refractivity contribution < 1.29 is 134 Å². The third-order valence-corrected chi connectivity index (χ3v) is 18.8. The predicted octanol–water partition coefficient (Wildman–Crippen LogP) is 12.6. The fraction of sp³-hybridized carbons (Fsp3) is 0.277. The number of hydrogen-bond donors (Lipinski definition) is 10. The number of carbonyl (C=O) groups excluding carboxylic acids is 5. The van der Waals surface area contributed by atoms with Gasteiger partial charge < -0.3 is 42.4 Å². The summed E-state index contributed by atoms with van der Waals surface area (Å²) >= 11 is 15.6. The Balaban J connectivity index is 0.000000712. The monoisotopic (exact) mass is 2070 g/mol. The van der Waals surface area contributed by atoms with Crippen molar-refractivity contribution in [2.45, 2.75) is 127 Å². The molecule has 41 heteroatoms. The van der Waals surface area contributed by atoms with E-state index in [4.69, 9.17) is 61.3 Å². The first-order chi connectivity index (χ1) is 56.6. The Labute approximate surface area is 773 Å². The maximum Gasteiger partial charge on any atom is 1.00 e. The van der Waals surface area contributed by atoms with Crippen LogP contribution in [0.2, 0.25) is 0 Å². The van der Waals surface area contributed by atoms with Gasteiger partial charge in [-0.25, -0.2) is 46.3 Å². The number of nitrogens with zero attached hydrogens (tertiary/aromatic N) is 7. The first-order valence-corrected chi connectivity index (χ1v) is 40.7. The van der Waals surface area contributed by atoms with E-state index in [1.54, 1.807) is 64.0 Å². The number of carbonyl (C=O) groups is 5. The largest absolute Gasteiger partial charge is 1.00 e. The molecule has 4 aromatic heterocycles. The number of fused-ring (bicyclic) bond motifs is 5. The quantitative estimate of drug-likeness (QED) is 0.00622. The second-order valence-corrected chi connectivity index (χ2v) is 33.9. The standard InChI is InChI=1S/C21H18FN3O.C14H14BrFN2O.C9H7BrFNO2.C9H4BrFO2.C7H5BrFNO2.C7H13NO.C7H5N.C6H5BrFN.C2H6O2.CH4.Na.H2O4S.H2O2.H2O/c1-21(2)9-8-18-24-17-12-14(6-7-15-5-3-4-10-23-15)11-16(22)19(17)20(26)25(18)13-21;1-14(2)4-3-11-17-10-6-8(15)5-9(16)12(10)13(19)18(11)7-14;10-7-1-6(2-8(11)4-7)3-9(13)5-12-14;10-5-1-4-2-7(12)9(13)8(4)6(11)3-5;8-4-1-5(9)7(12-3-11)6(10)2-4;1-7(2)4-3-6(9)8-5-7;1-2-7-5-3-4-6-8-7;7-4-1-5(8)3-6(9)2-4;1-2(3)4;;;1-5(2,3)4;1-2;/h3-5,10-12H,8-9,13H2,1-2H3;5-6H,3-4,7H2,1-2H3;1-2,4-5,14H,3H2;1,3H,2H2;1-3H,10H2;3-5H2,1-2H3,(H,8,9);1,3-6H;1-3H,9H2;2-4H,1H3;1H4;;(H2,1,2,3,4);1-2H;1H2/q;;;;;;;;;;+1;;;/p-1/b;;12-5+;;;;;;;;;;;. The number of rotatable bonds is 5. The number of hydrogen-bond acceptors (Lipinski definition) is 23. The third kappa shape index (κ3) is 39.1. The Hall–Kier alpha value is -9.31. The van der Waals surface area contributed by atoms with E-state index >= 15 is 0 Å². The van der Waals surface area contributed by atoms with Crippen LogP contribution in [0.3, 0.4) is 0 Å². The molecule has 0 bridgehead atoms. The van der Waals surface area contributed by atoms with Gasteiger partial charge in [0.15, 0.2) is 17.3 Å². The van der Waals surface area contributed by atoms with Crippen LogP contribution in [-0.4, -0.2) is 127 Å². The van der Waals surface area contributed by atoms with Crippen LogP contribution in [0.1, 0.15) is 132 Å². The molecule has 0 unspecified atom stereocenters. The van der Waals surface area contributed by atoms with E-state index in [-0.39, 0.29) is 129 Å². The number of piperidine rings is 1. The third-order valence-electron chi connectivity index (χ3n) is 16.5. The summed E-state index contributed by atoms with van der Waals surface area (Å²) in [5.41, 5.74) is 14.5. The number of Topliss-reactive ketones (excluding diaryl/α,β-unsaturated/α-hetero) is 3. The molecule has 13 N–H and O–H groups in total. The molecule has 6 aromatic carbocycles. The Kier molecular flexibility index (Phi) is 48.4. The fourth-order valence-electron chi connectivity index (χ4n) is 11.1. The van der Waals surface area contributed by atoms with E-state index in [0.717, 1.165) is 56.2 Å². The molecule has 0 spiro atoms. The van der Waals surface area contributed by atoms with E-state index in [1.165, 1.54) is 55.5 Å². The van der Waals surface area contributed by atoms with Crippen molar-refractivity contribution in [2.75, 3.05) is 18.0 Å². The van der Waals surface area contributed by atoms with Crippen molar-refractivity contribution >= 4 is 159 Å². The van der Waals surface area contributed by atoms with Crippen LogP contribution >= 0.6 is 79.6 Å². The maximum absolute atomic E-state index is 14.7. The van der Waals surface area contributed by atoms with Gasteiger partial charge in [0.1, 0.15) is 75.4 Å². The molecule has 3 aliphatic heterocycles. The van der Waals surface area contributed by atoms with Crippen LogP contribution in [0.15, 0.2) is 171 Å². The van der Waals surface area contributed by atoms with Crippen molar-refractivity contribution in [3.63, 3.8) is 0 Å². The number of aryl methyl sites for hydroxylation is 2. The molecule has 1 aliphatic carbocycles. The molecule has 0 atom stereocenters. The van der Waals surface area contributed by atoms with E-state index in [1.807, 2.05) is 24.3 Å². The molecule has 1 saturated heterocycles. The van der Waals surface area contributed by atoms with Gasteiger partial charge in [-0.05, 0) is 169 Å². The minimum absolute atomic E-state index is 0. The van der Waals surface area contributed by atoms with Crippen molar-refractivity contribution in [3.05, 3.63) is 257 Å². The molecule has 14 rings (SSSR count). The van der Waals surface area contributed by atoms with Gasteiger partial charge in [-0.15, -0.1) is 6.42 Å². The molecular formula is C83H86Br5F6N10NaO18S. The van der Waals surface area contributed by atoms with E-state index in [0.29, 0.717) is 98.5 Å². The van der Waals surface area contributed by atoms with Gasteiger partial charge in [0.05, 0.1) is 22.3 Å². The van der Waals surface area contributed by atoms with Gasteiger partial charge in [-0.3, -0.25) is 62.3 Å². The van der Waals surface area contributed by atoms with Crippen LogP contribution in [0, 0.1) is 75.3 Å². The molecule has 124 heavy (non-hydrogen) atoms. The minimum Gasteiger partial charge on any atom is -0.870 e. The zero-order valence-electron chi connectivity index (χ0n) is 66.8. The zero-order chi connectivity index (χ0) is 91.0. The second kappa shape index (κ2) is 53.2. The Bertz CT molecular complexity index is 5640. The number of pyridine rings is 2. The van der Waals surface area contributed by atoms with E-state index in [9.17, 15) is 59.9 Å². The first kappa shape index (κ1) is 113. The zero-order valence-corrected chi connectivity index (χ0v) is 77.5. The van der Waals surface area contributed by atoms with Gasteiger partial charge in [-0.2, -0.15) is 8.42 Å². The molecule has 1 amide bonds. The minimum atomic E-state index is -4.67. The summed E-state index contributed by atoms with van der Waals surface area (Å²) in [4.78, 5) is 95.9. The van der Waals surface area contributed by atoms with Crippen LogP contribution < -0.4 is 62.2 Å². The number of oxime groups is 1. The normalized spacial score (nSPS) is 13.4. The SMILES string of the molecule is C.C#Cc1ccccn1.CC(O)O.CC1(C)CCC(=O)NC1.CC1(C)CCc2nc3cc(Br)cc(F)c3c(=O)n2C1.CC1(C)CCc2nc3cc(C#Cc4ccccn4)cc(F)c3c(=O)n2C1.Nc1cc(Br)cc(F)c1OC=O.Nc1cc(F)cc(Br)c1.O=C(/C=N/O)Cc1cc(F)cc(Br)c1.O=C1Cc2cc(Br)cc(F)c2C1=O.O=S(=O)(O)O.OO.[Na+].[OH-]. The summed E-state index contributed by atoms with van der Waals surface area (Å²) in [6.45, 7) is 16.2. The van der Waals surface area contributed by atoms with E-state index < -0.39 is 57.3 Å². The summed E-state index contributed by atoms with van der Waals surface area (Å²) in [7, 11) is -4.67. The Morgan fingerprint density at radius 3 is 1.56 bits per heavy atom. The summed E-state index contributed by atoms with van der Waals surface area (Å²) in [5.74, 6) is 4.91. The van der Waals surface area contributed by atoms with Crippen molar-refractivity contribution in [2.24, 2.45) is 21.4 Å². The predicted molar refractivity (Wildman–Crippen MR) is 468 cm³/mol. The van der Waals surface area contributed by atoms with Crippen molar-refractivity contribution in [1.29, 1.82) is 0 Å². The van der Waals surface area contributed by atoms with Crippen LogP contribution in [0.25, 0.3) is 21.8 Å². The molecule has 0 saturated carbocycles. The Morgan fingerprint density at radius 2 is 1.11 bits per heavy atom. The molecular weight excluding hydrogens is 1990 g/mol. The summed E-state index contributed by atoms with van der Waals surface area (Å²) in [6.07, 6.45) is 13.2. The number of nitrogen functional groups attached to an aromatic ring is 2. The second-order valence-electron chi connectivity index (χ2n) is 28.4. The van der Waals surface area contributed by atoms with Gasteiger partial charge in [-0.1, -0.05) is 158 Å². The van der Waals surface area contributed by atoms with E-state index in [2.05, 4.69) is 174 Å². The number of ketones is 3. The number of nitrogens with two attached hydrogens (primary N) is 2. The number of anilines is 2. The van der Waals surface area contributed by atoms with Crippen molar-refractivity contribution in [1.82, 2.24) is 34.4 Å². The molecule has 10 aromatic rings. The van der Waals surface area contributed by atoms with Crippen molar-refractivity contribution in [3.8, 4) is 29.9 Å². The number of aliphatic hydroxyl groups is 2.